The summed E-state index contributed by atoms with van der Waals surface area (Å²) in [5.41, 5.74) is 7.55. The van der Waals surface area contributed by atoms with Gasteiger partial charge in [-0.25, -0.2) is 0 Å². The third-order valence-electron chi connectivity index (χ3n) is 5.11. The first kappa shape index (κ1) is 15.6. The molecule has 22 heavy (non-hydrogen) atoms. The topological polar surface area (TPSA) is 47.7 Å². The van der Waals surface area contributed by atoms with Crippen LogP contribution < -0.4 is 15.2 Å². The fourth-order valence-electron chi connectivity index (χ4n) is 3.83. The molecule has 4 nitrogen and oxygen atoms in total. The monoisotopic (exact) mass is 304 g/mol. The minimum atomic E-state index is -0.268. The van der Waals surface area contributed by atoms with Crippen molar-refractivity contribution in [1.29, 1.82) is 0 Å². The Morgan fingerprint density at radius 2 is 2.00 bits per heavy atom. The van der Waals surface area contributed by atoms with Crippen LogP contribution in [-0.4, -0.2) is 38.3 Å². The lowest BCUT2D eigenvalue weighted by atomic mass is 9.77. The van der Waals surface area contributed by atoms with E-state index in [1.165, 1.54) is 19.3 Å². The predicted molar refractivity (Wildman–Crippen MR) is 88.5 cm³/mol. The molecule has 1 unspecified atom stereocenters. The molecule has 1 aliphatic heterocycles. The largest absolute Gasteiger partial charge is 0.493 e. The lowest BCUT2D eigenvalue weighted by Crippen LogP contribution is -2.39. The second-order valence-corrected chi connectivity index (χ2v) is 6.84. The SMILES string of the molecule is COc1c(OC2CCN(C)C2)cccc1C1(N)CCCCC1. The van der Waals surface area contributed by atoms with Crippen molar-refractivity contribution >= 4 is 0 Å². The van der Waals surface area contributed by atoms with Crippen molar-refractivity contribution in [2.45, 2.75) is 50.2 Å². The number of hydrogen-bond acceptors (Lipinski definition) is 4. The van der Waals surface area contributed by atoms with Crippen LogP contribution in [0.3, 0.4) is 0 Å². The van der Waals surface area contributed by atoms with Gasteiger partial charge in [0.25, 0.3) is 0 Å². The highest BCUT2D eigenvalue weighted by molar-refractivity contribution is 5.50. The fourth-order valence-corrected chi connectivity index (χ4v) is 3.83. The maximum absolute atomic E-state index is 6.71. The summed E-state index contributed by atoms with van der Waals surface area (Å²) in [6.45, 7) is 2.06. The van der Waals surface area contributed by atoms with Crippen molar-refractivity contribution < 1.29 is 9.47 Å². The highest BCUT2D eigenvalue weighted by atomic mass is 16.5. The summed E-state index contributed by atoms with van der Waals surface area (Å²) < 4.78 is 11.9. The van der Waals surface area contributed by atoms with E-state index in [1.54, 1.807) is 7.11 Å². The van der Waals surface area contributed by atoms with Gasteiger partial charge >= 0.3 is 0 Å². The van der Waals surface area contributed by atoms with Crippen LogP contribution in [0, 0.1) is 0 Å². The van der Waals surface area contributed by atoms with Crippen molar-refractivity contribution in [2.24, 2.45) is 5.73 Å². The first-order chi connectivity index (χ1) is 10.6. The number of benzene rings is 1. The van der Waals surface area contributed by atoms with Crippen molar-refractivity contribution in [3.63, 3.8) is 0 Å². The maximum Gasteiger partial charge on any atom is 0.165 e. The molecule has 4 heteroatoms. The minimum Gasteiger partial charge on any atom is -0.493 e. The number of methoxy groups -OCH3 is 1. The van der Waals surface area contributed by atoms with Crippen LogP contribution in [0.4, 0.5) is 0 Å². The van der Waals surface area contributed by atoms with E-state index in [-0.39, 0.29) is 11.6 Å². The van der Waals surface area contributed by atoms with Gasteiger partial charge in [0.2, 0.25) is 0 Å². The summed E-state index contributed by atoms with van der Waals surface area (Å²) in [7, 11) is 3.85. The first-order valence-electron chi connectivity index (χ1n) is 8.44. The second-order valence-electron chi connectivity index (χ2n) is 6.84. The van der Waals surface area contributed by atoms with E-state index in [4.69, 9.17) is 15.2 Å². The molecule has 1 aliphatic carbocycles. The Bertz CT molecular complexity index is 512. The zero-order chi connectivity index (χ0) is 15.6. The fraction of sp³-hybridized carbons (Fsp3) is 0.667. The molecule has 0 radical (unpaired) electrons. The number of nitrogens with zero attached hydrogens (tertiary/aromatic N) is 1. The normalized spacial score (nSPS) is 25.1. The molecule has 2 N–H and O–H groups in total. The number of hydrogen-bond donors (Lipinski definition) is 1. The Kier molecular flexibility index (Phi) is 4.59. The van der Waals surface area contributed by atoms with E-state index in [0.29, 0.717) is 0 Å². The zero-order valence-corrected chi connectivity index (χ0v) is 13.8. The Hall–Kier alpha value is -1.26. The number of rotatable bonds is 4. The van der Waals surface area contributed by atoms with Crippen molar-refractivity contribution in [2.75, 3.05) is 27.2 Å². The van der Waals surface area contributed by atoms with Crippen molar-refractivity contribution in [1.82, 2.24) is 4.90 Å². The Morgan fingerprint density at radius 3 is 2.64 bits per heavy atom. The summed E-state index contributed by atoms with van der Waals surface area (Å²) in [4.78, 5) is 2.30. The van der Waals surface area contributed by atoms with E-state index >= 15 is 0 Å². The van der Waals surface area contributed by atoms with Crippen LogP contribution in [0.2, 0.25) is 0 Å². The van der Waals surface area contributed by atoms with Crippen molar-refractivity contribution in [3.8, 4) is 11.5 Å². The molecule has 122 valence electrons. The molecule has 0 amide bonds. The third-order valence-corrected chi connectivity index (χ3v) is 5.11. The average molecular weight is 304 g/mol. The molecular formula is C18H28N2O2. The van der Waals surface area contributed by atoms with Crippen LogP contribution in [0.5, 0.6) is 11.5 Å². The smallest absolute Gasteiger partial charge is 0.165 e. The van der Waals surface area contributed by atoms with Crippen LogP contribution in [-0.2, 0) is 5.54 Å². The van der Waals surface area contributed by atoms with E-state index in [0.717, 1.165) is 49.4 Å². The minimum absolute atomic E-state index is 0.245. The lowest BCUT2D eigenvalue weighted by molar-refractivity contribution is 0.196. The van der Waals surface area contributed by atoms with Gasteiger partial charge in [0.05, 0.1) is 7.11 Å². The molecule has 1 saturated carbocycles. The molecular weight excluding hydrogens is 276 g/mol. The third kappa shape index (κ3) is 3.08. The van der Waals surface area contributed by atoms with Gasteiger partial charge in [-0.1, -0.05) is 31.4 Å². The first-order valence-corrected chi connectivity index (χ1v) is 8.44. The standard InChI is InChI=1S/C18H28N2O2/c1-20-12-9-14(13-20)22-16-8-6-7-15(17(16)21-2)18(19)10-4-3-5-11-18/h6-8,14H,3-5,9-13,19H2,1-2H3. The summed E-state index contributed by atoms with van der Waals surface area (Å²) >= 11 is 0. The lowest BCUT2D eigenvalue weighted by Gasteiger charge is -2.35. The molecule has 1 aromatic rings. The molecule has 1 aromatic carbocycles. The molecule has 3 rings (SSSR count). The Morgan fingerprint density at radius 1 is 1.23 bits per heavy atom. The van der Waals surface area contributed by atoms with E-state index in [2.05, 4.69) is 24.1 Å². The molecule has 1 saturated heterocycles. The van der Waals surface area contributed by atoms with Crippen LogP contribution in [0.15, 0.2) is 18.2 Å². The van der Waals surface area contributed by atoms with Gasteiger partial charge in [-0.15, -0.1) is 0 Å². The highest BCUT2D eigenvalue weighted by Crippen LogP contribution is 2.43. The molecule has 1 atom stereocenters. The van der Waals surface area contributed by atoms with Crippen LogP contribution in [0.1, 0.15) is 44.1 Å². The molecule has 0 aromatic heterocycles. The predicted octanol–water partition coefficient (Wildman–Crippen LogP) is 2.90. The number of likely N-dealkylation sites (N-methyl/N-ethyl adjacent to an activating group) is 1. The van der Waals surface area contributed by atoms with Gasteiger partial charge in [-0.3, -0.25) is 0 Å². The molecule has 0 spiro atoms. The van der Waals surface area contributed by atoms with Gasteiger partial charge in [0.1, 0.15) is 6.10 Å². The number of likely N-dealkylation sites (tertiary alicyclic amines) is 1. The van der Waals surface area contributed by atoms with Gasteiger partial charge in [-0.05, 0) is 32.4 Å². The Labute approximate surface area is 133 Å². The van der Waals surface area contributed by atoms with Gasteiger partial charge in [-0.2, -0.15) is 0 Å². The molecule has 2 aliphatic rings. The number of ether oxygens (including phenoxy) is 2. The van der Waals surface area contributed by atoms with E-state index < -0.39 is 0 Å². The summed E-state index contributed by atoms with van der Waals surface area (Å²) in [6.07, 6.45) is 7.03. The van der Waals surface area contributed by atoms with Crippen LogP contribution >= 0.6 is 0 Å². The summed E-state index contributed by atoms with van der Waals surface area (Å²) in [5.74, 6) is 1.68. The summed E-state index contributed by atoms with van der Waals surface area (Å²) in [5, 5.41) is 0. The molecule has 1 heterocycles. The summed E-state index contributed by atoms with van der Waals surface area (Å²) in [6, 6.07) is 6.17. The average Bonchev–Trinajstić information content (AvgIpc) is 2.93. The maximum atomic E-state index is 6.71. The number of nitrogens with two attached hydrogens (primary N) is 1. The van der Waals surface area contributed by atoms with Gasteiger partial charge in [0.15, 0.2) is 11.5 Å². The highest BCUT2D eigenvalue weighted by Gasteiger charge is 2.33. The molecule has 0 bridgehead atoms. The van der Waals surface area contributed by atoms with Gasteiger partial charge < -0.3 is 20.1 Å². The zero-order valence-electron chi connectivity index (χ0n) is 13.8. The van der Waals surface area contributed by atoms with Crippen molar-refractivity contribution in [3.05, 3.63) is 23.8 Å². The molecule has 2 fully saturated rings. The van der Waals surface area contributed by atoms with E-state index in [9.17, 15) is 0 Å². The van der Waals surface area contributed by atoms with E-state index in [1.807, 2.05) is 6.07 Å². The Balaban J connectivity index is 1.86. The number of para-hydroxylation sites is 1. The van der Waals surface area contributed by atoms with Gasteiger partial charge in [0, 0.05) is 24.2 Å². The second kappa shape index (κ2) is 6.47. The quantitative estimate of drug-likeness (QED) is 0.929. The van der Waals surface area contributed by atoms with Crippen LogP contribution in [0.25, 0.3) is 0 Å².